The molecule has 3 N–H and O–H groups in total. The number of aromatic nitrogens is 1. The van der Waals surface area contributed by atoms with Crippen LogP contribution in [0, 0.1) is 5.41 Å². The number of para-hydroxylation sites is 1. The van der Waals surface area contributed by atoms with Crippen molar-refractivity contribution in [3.8, 4) is 16.9 Å². The Morgan fingerprint density at radius 2 is 1.59 bits per heavy atom. The Kier molecular flexibility index (Phi) is 6.63. The van der Waals surface area contributed by atoms with E-state index in [1.807, 2.05) is 66.7 Å². The van der Waals surface area contributed by atoms with Gasteiger partial charge in [-0.1, -0.05) is 86.8 Å². The van der Waals surface area contributed by atoms with Crippen LogP contribution in [0.25, 0.3) is 22.0 Å². The smallest absolute Gasteiger partial charge is 0.410 e. The number of H-pyrrole nitrogens is 1. The predicted molar refractivity (Wildman–Crippen MR) is 153 cm³/mol. The molecule has 3 aromatic carbocycles. The Balaban J connectivity index is 1.41. The molecule has 2 aliphatic rings. The van der Waals surface area contributed by atoms with Gasteiger partial charge in [0, 0.05) is 23.0 Å². The lowest BCUT2D eigenvalue weighted by Crippen LogP contribution is -2.58. The third kappa shape index (κ3) is 4.48. The minimum Gasteiger partial charge on any atom is -0.410 e. The second-order valence-corrected chi connectivity index (χ2v) is 11.0. The average molecular weight is 522 g/mol. The Morgan fingerprint density at radius 1 is 0.923 bits per heavy atom. The number of nitrogens with zero attached hydrogens (tertiary/aromatic N) is 1. The molecule has 200 valence electrons. The highest BCUT2D eigenvalue weighted by atomic mass is 16.6. The molecule has 2 heterocycles. The first-order valence-corrected chi connectivity index (χ1v) is 14.1. The lowest BCUT2D eigenvalue weighted by Gasteiger charge is -2.51. The summed E-state index contributed by atoms with van der Waals surface area (Å²) >= 11 is 0. The highest BCUT2D eigenvalue weighted by Gasteiger charge is 2.52. The van der Waals surface area contributed by atoms with Crippen LogP contribution >= 0.6 is 0 Å². The van der Waals surface area contributed by atoms with Crippen molar-refractivity contribution in [2.24, 2.45) is 11.1 Å². The predicted octanol–water partition coefficient (Wildman–Crippen LogP) is 7.15. The maximum atomic E-state index is 14.1. The van der Waals surface area contributed by atoms with Crippen molar-refractivity contribution >= 4 is 22.9 Å². The molecule has 0 unspecified atom stereocenters. The van der Waals surface area contributed by atoms with Crippen LogP contribution in [-0.4, -0.2) is 27.9 Å². The van der Waals surface area contributed by atoms with Gasteiger partial charge in [0.2, 0.25) is 5.91 Å². The molecule has 6 rings (SSSR count). The first kappa shape index (κ1) is 25.2. The van der Waals surface area contributed by atoms with Crippen LogP contribution in [0.4, 0.5) is 4.79 Å². The Labute approximate surface area is 229 Å². The molecule has 1 aromatic heterocycles. The molecule has 1 aliphatic carbocycles. The van der Waals surface area contributed by atoms with Crippen molar-refractivity contribution < 1.29 is 14.3 Å². The molecule has 0 radical (unpaired) electrons. The zero-order valence-corrected chi connectivity index (χ0v) is 22.4. The van der Waals surface area contributed by atoms with Crippen LogP contribution in [-0.2, 0) is 11.2 Å². The summed E-state index contributed by atoms with van der Waals surface area (Å²) in [7, 11) is 0. The van der Waals surface area contributed by atoms with E-state index in [4.69, 9.17) is 10.5 Å². The van der Waals surface area contributed by atoms with E-state index in [9.17, 15) is 9.59 Å². The zero-order chi connectivity index (χ0) is 27.0. The Morgan fingerprint density at radius 3 is 2.28 bits per heavy atom. The number of benzene rings is 3. The molecule has 0 bridgehead atoms. The van der Waals surface area contributed by atoms with Crippen LogP contribution in [0.5, 0.6) is 5.75 Å². The van der Waals surface area contributed by atoms with Crippen LogP contribution < -0.4 is 10.5 Å². The van der Waals surface area contributed by atoms with Gasteiger partial charge in [-0.05, 0) is 59.6 Å². The number of carbonyl (C=O) groups excluding carboxylic acids is 2. The third-order valence-corrected chi connectivity index (χ3v) is 8.97. The number of aromatic amines is 1. The van der Waals surface area contributed by atoms with E-state index in [0.29, 0.717) is 12.2 Å². The van der Waals surface area contributed by atoms with E-state index in [0.717, 1.165) is 65.4 Å². The summed E-state index contributed by atoms with van der Waals surface area (Å²) in [5.74, 6) is -0.0624. The van der Waals surface area contributed by atoms with Gasteiger partial charge < -0.3 is 15.5 Å². The van der Waals surface area contributed by atoms with E-state index in [-0.39, 0.29) is 11.5 Å². The number of hydrogen-bond donors (Lipinski definition) is 2. The normalized spacial score (nSPS) is 20.4. The van der Waals surface area contributed by atoms with E-state index < -0.39 is 18.0 Å². The van der Waals surface area contributed by atoms with Gasteiger partial charge in [0.25, 0.3) is 0 Å². The fourth-order valence-electron chi connectivity index (χ4n) is 6.93. The van der Waals surface area contributed by atoms with E-state index in [2.05, 4.69) is 24.0 Å². The number of fused-ring (bicyclic) bond motifs is 3. The summed E-state index contributed by atoms with van der Waals surface area (Å²) in [6.07, 6.45) is 6.11. The number of amides is 2. The number of nitrogens with one attached hydrogen (secondary N) is 1. The van der Waals surface area contributed by atoms with Crippen molar-refractivity contribution in [2.75, 3.05) is 0 Å². The Bertz CT molecular complexity index is 1490. The van der Waals surface area contributed by atoms with Gasteiger partial charge in [-0.15, -0.1) is 0 Å². The van der Waals surface area contributed by atoms with E-state index in [1.165, 1.54) is 6.42 Å². The number of nitrogens with two attached hydrogens (primary N) is 1. The second kappa shape index (κ2) is 10.3. The largest absolute Gasteiger partial charge is 0.416 e. The van der Waals surface area contributed by atoms with Gasteiger partial charge in [0.05, 0.1) is 6.04 Å². The average Bonchev–Trinajstić information content (AvgIpc) is 3.35. The summed E-state index contributed by atoms with van der Waals surface area (Å²) < 4.78 is 5.99. The molecule has 2 amide bonds. The van der Waals surface area contributed by atoms with Gasteiger partial charge in [-0.25, -0.2) is 4.79 Å². The van der Waals surface area contributed by atoms with Gasteiger partial charge in [0.1, 0.15) is 11.8 Å². The van der Waals surface area contributed by atoms with Crippen molar-refractivity contribution in [3.05, 3.63) is 90.1 Å². The maximum Gasteiger partial charge on any atom is 0.416 e. The molecule has 2 atom stereocenters. The first-order chi connectivity index (χ1) is 19.0. The molecular weight excluding hydrogens is 486 g/mol. The molecule has 4 aromatic rings. The summed E-state index contributed by atoms with van der Waals surface area (Å²) in [4.78, 5) is 32.4. The van der Waals surface area contributed by atoms with E-state index in [1.54, 1.807) is 4.90 Å². The summed E-state index contributed by atoms with van der Waals surface area (Å²) in [5, 5.41) is 1.09. The monoisotopic (exact) mass is 521 g/mol. The topological polar surface area (TPSA) is 88.4 Å². The zero-order valence-electron chi connectivity index (χ0n) is 22.4. The van der Waals surface area contributed by atoms with Crippen LogP contribution in [0.1, 0.15) is 62.7 Å². The van der Waals surface area contributed by atoms with Gasteiger partial charge in [-0.3, -0.25) is 9.69 Å². The maximum absolute atomic E-state index is 14.1. The molecule has 1 saturated carbocycles. The van der Waals surface area contributed by atoms with E-state index >= 15 is 0 Å². The van der Waals surface area contributed by atoms with Gasteiger partial charge >= 0.3 is 6.09 Å². The third-order valence-electron chi connectivity index (χ3n) is 8.97. The molecular formula is C33H35N3O3. The lowest BCUT2D eigenvalue weighted by atomic mass is 9.64. The van der Waals surface area contributed by atoms with Crippen LogP contribution in [0.3, 0.4) is 0 Å². The van der Waals surface area contributed by atoms with Crippen molar-refractivity contribution in [2.45, 2.75) is 64.0 Å². The standard InChI is InChI=1S/C33H35N3O3/c1-2-33(19-9-4-10-20-33)30-29-26(25-13-7-8-14-27(25)35-29)21-28(31(34)37)36(30)32(38)39-24-17-15-23(16-18-24)22-11-5-3-6-12-22/h3,5-8,11-18,28,30,35H,2,4,9-10,19-21H2,1H3,(H2,34,37)/t28-,30+/m1/s1. The number of hydrogen-bond acceptors (Lipinski definition) is 3. The molecule has 1 aliphatic heterocycles. The second-order valence-electron chi connectivity index (χ2n) is 11.0. The summed E-state index contributed by atoms with van der Waals surface area (Å²) in [5.41, 5.74) is 11.1. The first-order valence-electron chi connectivity index (χ1n) is 14.1. The lowest BCUT2D eigenvalue weighted by molar-refractivity contribution is -0.125. The highest BCUT2D eigenvalue weighted by Crippen LogP contribution is 2.55. The molecule has 0 saturated heterocycles. The number of primary amides is 1. The number of carbonyl (C=O) groups is 2. The molecule has 6 heteroatoms. The van der Waals surface area contributed by atoms with Crippen molar-refractivity contribution in [1.82, 2.24) is 9.88 Å². The van der Waals surface area contributed by atoms with Crippen molar-refractivity contribution in [1.29, 1.82) is 0 Å². The number of rotatable bonds is 5. The summed E-state index contributed by atoms with van der Waals surface area (Å²) in [6.45, 7) is 2.20. The fraction of sp³-hybridized carbons (Fsp3) is 0.333. The molecule has 6 nitrogen and oxygen atoms in total. The minimum atomic E-state index is -0.789. The van der Waals surface area contributed by atoms with Gasteiger partial charge in [-0.2, -0.15) is 0 Å². The molecule has 1 fully saturated rings. The highest BCUT2D eigenvalue weighted by molar-refractivity contribution is 5.90. The minimum absolute atomic E-state index is 0.168. The number of ether oxygens (including phenoxy) is 1. The molecule has 0 spiro atoms. The summed E-state index contributed by atoms with van der Waals surface area (Å²) in [6, 6.07) is 24.6. The van der Waals surface area contributed by atoms with Crippen molar-refractivity contribution in [3.63, 3.8) is 0 Å². The van der Waals surface area contributed by atoms with Gasteiger partial charge in [0.15, 0.2) is 0 Å². The Hall–Kier alpha value is -4.06. The quantitative estimate of drug-likeness (QED) is 0.292. The molecule has 39 heavy (non-hydrogen) atoms. The van der Waals surface area contributed by atoms with Crippen LogP contribution in [0.2, 0.25) is 0 Å². The van der Waals surface area contributed by atoms with Crippen LogP contribution in [0.15, 0.2) is 78.9 Å². The fourth-order valence-corrected chi connectivity index (χ4v) is 6.93. The SMILES string of the molecule is CCC1([C@@H]2c3[nH]c4ccccc4c3C[C@H](C(N)=O)N2C(=O)Oc2ccc(-c3ccccc3)cc2)CCCCC1.